The molecule has 33 heavy (non-hydrogen) atoms. The number of Topliss-reactive ketones (excluding diaryl/α,β-unsaturated/α-hetero) is 1. The zero-order valence-corrected chi connectivity index (χ0v) is 22.3. The van der Waals surface area contributed by atoms with Gasteiger partial charge < -0.3 is 9.84 Å². The van der Waals surface area contributed by atoms with Gasteiger partial charge in [-0.2, -0.15) is 0 Å². The van der Waals surface area contributed by atoms with Crippen LogP contribution in [0.2, 0.25) is 0 Å². The number of rotatable bonds is 4. The van der Waals surface area contributed by atoms with Crippen molar-refractivity contribution in [2.75, 3.05) is 0 Å². The molecular weight excluding hydrogens is 408 g/mol. The van der Waals surface area contributed by atoms with Crippen molar-refractivity contribution in [2.24, 2.45) is 39.4 Å². The molecule has 5 aliphatic rings. The van der Waals surface area contributed by atoms with Crippen LogP contribution < -0.4 is 0 Å². The smallest absolute Gasteiger partial charge is 0.139 e. The number of allylic oxidation sites excluding steroid dienone is 4. The summed E-state index contributed by atoms with van der Waals surface area (Å²) >= 11 is 0. The summed E-state index contributed by atoms with van der Waals surface area (Å²) in [5.41, 5.74) is 3.37. The minimum atomic E-state index is -0.361. The van der Waals surface area contributed by atoms with Crippen LogP contribution in [0, 0.1) is 39.4 Å². The number of aliphatic hydroxyl groups excluding tert-OH is 1. The van der Waals surface area contributed by atoms with E-state index in [0.29, 0.717) is 23.5 Å². The fourth-order valence-corrected chi connectivity index (χ4v) is 9.31. The molecule has 4 aliphatic carbocycles. The predicted octanol–water partition coefficient (Wildman–Crippen LogP) is 6.65. The van der Waals surface area contributed by atoms with E-state index in [9.17, 15) is 9.90 Å². The minimum absolute atomic E-state index is 0.00302. The largest absolute Gasteiger partial charge is 0.390 e. The van der Waals surface area contributed by atoms with Crippen molar-refractivity contribution >= 4 is 5.78 Å². The molecule has 1 aliphatic heterocycles. The van der Waals surface area contributed by atoms with Crippen LogP contribution in [0.3, 0.4) is 0 Å². The normalized spacial score (nSPS) is 46.9. The van der Waals surface area contributed by atoms with Crippen LogP contribution in [0.1, 0.15) is 100 Å². The Kier molecular flexibility index (Phi) is 5.09. The molecule has 0 radical (unpaired) electrons. The maximum atomic E-state index is 12.8. The summed E-state index contributed by atoms with van der Waals surface area (Å²) in [6.45, 7) is 18.4. The second kappa shape index (κ2) is 7.06. The Morgan fingerprint density at radius 1 is 1.06 bits per heavy atom. The van der Waals surface area contributed by atoms with Crippen molar-refractivity contribution in [1.29, 1.82) is 0 Å². The van der Waals surface area contributed by atoms with Gasteiger partial charge in [0.25, 0.3) is 0 Å². The molecule has 0 aromatic rings. The van der Waals surface area contributed by atoms with Crippen LogP contribution in [-0.2, 0) is 9.53 Å². The molecule has 3 nitrogen and oxygen atoms in total. The standard InChI is InChI=1S/C30H46O3/c1-18(17-22(31)25-27(4,5)33-25)19-11-15-30(8)21-9-10-23-26(2,3)24(32)13-14-28(23,6)20(21)12-16-29(19,30)7/h9-10,18-19,22-23,25,31H,11-17H2,1-8H3/t18-,19+,22-,23+,25+,28-,29+,30-/m1/s1. The lowest BCUT2D eigenvalue weighted by molar-refractivity contribution is -0.136. The fourth-order valence-electron chi connectivity index (χ4n) is 9.31. The maximum absolute atomic E-state index is 12.8. The third-order valence-electron chi connectivity index (χ3n) is 11.8. The molecule has 0 amide bonds. The van der Waals surface area contributed by atoms with Gasteiger partial charge in [-0.3, -0.25) is 4.79 Å². The first-order chi connectivity index (χ1) is 15.2. The quantitative estimate of drug-likeness (QED) is 0.484. The molecule has 2 saturated carbocycles. The average molecular weight is 455 g/mol. The van der Waals surface area contributed by atoms with E-state index in [0.717, 1.165) is 25.7 Å². The Morgan fingerprint density at radius 2 is 1.73 bits per heavy atom. The van der Waals surface area contributed by atoms with E-state index in [4.69, 9.17) is 4.74 Å². The van der Waals surface area contributed by atoms with Crippen molar-refractivity contribution in [3.05, 3.63) is 23.3 Å². The topological polar surface area (TPSA) is 49.8 Å². The molecule has 0 aromatic heterocycles. The van der Waals surface area contributed by atoms with Gasteiger partial charge in [0.15, 0.2) is 0 Å². The highest BCUT2D eigenvalue weighted by Gasteiger charge is 2.63. The molecule has 0 aromatic carbocycles. The second-order valence-electron chi connectivity index (χ2n) is 14.1. The highest BCUT2D eigenvalue weighted by molar-refractivity contribution is 5.86. The van der Waals surface area contributed by atoms with Crippen LogP contribution in [0.15, 0.2) is 23.3 Å². The van der Waals surface area contributed by atoms with Gasteiger partial charge in [-0.15, -0.1) is 0 Å². The molecule has 3 fully saturated rings. The molecule has 1 saturated heterocycles. The number of carbonyl (C=O) groups is 1. The Morgan fingerprint density at radius 3 is 2.36 bits per heavy atom. The second-order valence-corrected chi connectivity index (χ2v) is 14.1. The number of ketones is 1. The van der Waals surface area contributed by atoms with E-state index in [1.807, 2.05) is 0 Å². The highest BCUT2D eigenvalue weighted by Crippen LogP contribution is 2.71. The third-order valence-corrected chi connectivity index (χ3v) is 11.8. The van der Waals surface area contributed by atoms with E-state index < -0.39 is 0 Å². The van der Waals surface area contributed by atoms with Crippen LogP contribution in [0.4, 0.5) is 0 Å². The van der Waals surface area contributed by atoms with E-state index in [-0.39, 0.29) is 39.5 Å². The van der Waals surface area contributed by atoms with E-state index in [1.165, 1.54) is 19.3 Å². The van der Waals surface area contributed by atoms with Crippen LogP contribution in [0.5, 0.6) is 0 Å². The highest BCUT2D eigenvalue weighted by atomic mass is 16.6. The summed E-state index contributed by atoms with van der Waals surface area (Å²) in [5, 5.41) is 10.8. The molecular formula is C30H46O3. The minimum Gasteiger partial charge on any atom is -0.390 e. The first kappa shape index (κ1) is 23.8. The van der Waals surface area contributed by atoms with E-state index >= 15 is 0 Å². The van der Waals surface area contributed by atoms with E-state index in [2.05, 4.69) is 67.5 Å². The van der Waals surface area contributed by atoms with Gasteiger partial charge in [0.2, 0.25) is 0 Å². The monoisotopic (exact) mass is 454 g/mol. The summed E-state index contributed by atoms with van der Waals surface area (Å²) < 4.78 is 5.75. The SMILES string of the molecule is C[C@H](C[C@@H](O)[C@@H]1OC1(C)C)[C@@H]1CC[C@]2(C)C3=C(CC[C@@]12C)[C@@]1(C)CCC(=O)C(C)(C)[C@@H]1C=C3. The fraction of sp³-hybridized carbons (Fsp3) is 0.833. The number of hydrogen-bond donors (Lipinski definition) is 1. The summed E-state index contributed by atoms with van der Waals surface area (Å²) in [7, 11) is 0. The summed E-state index contributed by atoms with van der Waals surface area (Å²) in [6, 6.07) is 0. The van der Waals surface area contributed by atoms with Gasteiger partial charge in [0, 0.05) is 11.8 Å². The van der Waals surface area contributed by atoms with Crippen molar-refractivity contribution in [2.45, 2.75) is 118 Å². The van der Waals surface area contributed by atoms with Gasteiger partial charge in [-0.25, -0.2) is 0 Å². The lowest BCUT2D eigenvalue weighted by Crippen LogP contribution is -2.52. The Balaban J connectivity index is 1.43. The van der Waals surface area contributed by atoms with E-state index in [1.54, 1.807) is 11.1 Å². The zero-order valence-electron chi connectivity index (χ0n) is 22.3. The molecule has 1 heterocycles. The van der Waals surface area contributed by atoms with Gasteiger partial charge in [0.05, 0.1) is 11.7 Å². The third kappa shape index (κ3) is 3.10. The number of aliphatic hydroxyl groups is 1. The lowest BCUT2D eigenvalue weighted by atomic mass is 9.45. The number of epoxide rings is 1. The molecule has 5 rings (SSSR count). The average Bonchev–Trinajstić information content (AvgIpc) is 3.26. The Bertz CT molecular complexity index is 925. The number of ether oxygens (including phenoxy) is 1. The molecule has 0 spiro atoms. The number of hydrogen-bond acceptors (Lipinski definition) is 3. The Hall–Kier alpha value is -0.930. The summed E-state index contributed by atoms with van der Waals surface area (Å²) in [5.74, 6) is 1.85. The van der Waals surface area contributed by atoms with Crippen LogP contribution in [0.25, 0.3) is 0 Å². The summed E-state index contributed by atoms with van der Waals surface area (Å²) in [4.78, 5) is 12.8. The molecule has 0 unspecified atom stereocenters. The van der Waals surface area contributed by atoms with Crippen LogP contribution >= 0.6 is 0 Å². The van der Waals surface area contributed by atoms with Crippen LogP contribution in [-0.4, -0.2) is 28.7 Å². The predicted molar refractivity (Wildman–Crippen MR) is 133 cm³/mol. The molecule has 3 heteroatoms. The first-order valence-electron chi connectivity index (χ1n) is 13.5. The number of carbonyl (C=O) groups excluding carboxylic acids is 1. The first-order valence-corrected chi connectivity index (χ1v) is 13.5. The van der Waals surface area contributed by atoms with Gasteiger partial charge in [0.1, 0.15) is 11.9 Å². The van der Waals surface area contributed by atoms with Gasteiger partial charge in [-0.05, 0) is 91.9 Å². The number of fused-ring (bicyclic) bond motifs is 4. The molecule has 8 atom stereocenters. The summed E-state index contributed by atoms with van der Waals surface area (Å²) in [6.07, 6.45) is 11.9. The molecule has 184 valence electrons. The molecule has 1 N–H and O–H groups in total. The maximum Gasteiger partial charge on any atom is 0.139 e. The van der Waals surface area contributed by atoms with Gasteiger partial charge >= 0.3 is 0 Å². The van der Waals surface area contributed by atoms with Crippen molar-refractivity contribution in [3.8, 4) is 0 Å². The van der Waals surface area contributed by atoms with Crippen molar-refractivity contribution in [3.63, 3.8) is 0 Å². The van der Waals surface area contributed by atoms with Gasteiger partial charge in [-0.1, -0.05) is 59.3 Å². The Labute approximate surface area is 201 Å². The van der Waals surface area contributed by atoms with Crippen molar-refractivity contribution in [1.82, 2.24) is 0 Å². The lowest BCUT2D eigenvalue weighted by Gasteiger charge is -2.59. The molecule has 0 bridgehead atoms. The zero-order chi connectivity index (χ0) is 24.2. The van der Waals surface area contributed by atoms with Crippen molar-refractivity contribution < 1.29 is 14.6 Å².